The Kier molecular flexibility index (Phi) is 3.62. The van der Waals surface area contributed by atoms with E-state index in [0.29, 0.717) is 19.5 Å². The van der Waals surface area contributed by atoms with E-state index >= 15 is 0 Å². The summed E-state index contributed by atoms with van der Waals surface area (Å²) in [6.07, 6.45) is 0.350. The maximum Gasteiger partial charge on any atom is 0.316 e. The van der Waals surface area contributed by atoms with E-state index in [0.717, 1.165) is 11.1 Å². The average Bonchev–Trinajstić information content (AvgIpc) is 2.39. The number of carbonyl (C=O) groups is 2. The average molecular weight is 248 g/mol. The summed E-state index contributed by atoms with van der Waals surface area (Å²) in [4.78, 5) is 22.4. The quantitative estimate of drug-likeness (QED) is 0.677. The number of hydrogen-bond acceptors (Lipinski definition) is 3. The SMILES string of the molecule is NCc1ccc(C2CNC(=O)C(C(=O)O)C2)cc1. The van der Waals surface area contributed by atoms with Crippen molar-refractivity contribution in [3.63, 3.8) is 0 Å². The highest BCUT2D eigenvalue weighted by atomic mass is 16.4. The molecule has 2 rings (SSSR count). The Bertz CT molecular complexity index is 456. The number of nitrogens with two attached hydrogens (primary N) is 1. The Morgan fingerprint density at radius 2 is 2.06 bits per heavy atom. The Hall–Kier alpha value is -1.88. The number of hydrogen-bond donors (Lipinski definition) is 3. The third-order valence-corrected chi connectivity index (χ3v) is 3.34. The molecule has 1 aromatic rings. The molecule has 2 unspecified atom stereocenters. The van der Waals surface area contributed by atoms with Gasteiger partial charge >= 0.3 is 5.97 Å². The number of rotatable bonds is 3. The van der Waals surface area contributed by atoms with Gasteiger partial charge in [0, 0.05) is 19.0 Å². The molecule has 0 spiro atoms. The number of carbonyl (C=O) groups excluding carboxylic acids is 1. The van der Waals surface area contributed by atoms with Crippen LogP contribution in [0.15, 0.2) is 24.3 Å². The monoisotopic (exact) mass is 248 g/mol. The number of nitrogens with one attached hydrogen (secondary N) is 1. The second kappa shape index (κ2) is 5.18. The van der Waals surface area contributed by atoms with E-state index in [1.807, 2.05) is 24.3 Å². The highest BCUT2D eigenvalue weighted by Gasteiger charge is 2.34. The van der Waals surface area contributed by atoms with E-state index in [1.165, 1.54) is 0 Å². The minimum atomic E-state index is -1.06. The molecule has 0 bridgehead atoms. The van der Waals surface area contributed by atoms with Crippen LogP contribution >= 0.6 is 0 Å². The molecule has 1 aliphatic rings. The lowest BCUT2D eigenvalue weighted by Gasteiger charge is -2.27. The zero-order valence-corrected chi connectivity index (χ0v) is 9.93. The molecule has 1 aromatic carbocycles. The van der Waals surface area contributed by atoms with Crippen LogP contribution in [0.1, 0.15) is 23.5 Å². The number of carboxylic acid groups (broad SMARTS) is 1. The van der Waals surface area contributed by atoms with Crippen molar-refractivity contribution in [1.82, 2.24) is 5.32 Å². The lowest BCUT2D eigenvalue weighted by Crippen LogP contribution is -2.43. The molecule has 1 fully saturated rings. The molecule has 1 amide bonds. The summed E-state index contributed by atoms with van der Waals surface area (Å²) in [5.41, 5.74) is 7.60. The molecule has 4 N–H and O–H groups in total. The first-order chi connectivity index (χ1) is 8.61. The van der Waals surface area contributed by atoms with Crippen molar-refractivity contribution in [2.45, 2.75) is 18.9 Å². The number of piperidine rings is 1. The van der Waals surface area contributed by atoms with Crippen molar-refractivity contribution in [2.75, 3.05) is 6.54 Å². The van der Waals surface area contributed by atoms with Gasteiger partial charge in [-0.3, -0.25) is 9.59 Å². The Morgan fingerprint density at radius 1 is 1.39 bits per heavy atom. The van der Waals surface area contributed by atoms with Gasteiger partial charge < -0.3 is 16.2 Å². The predicted octanol–water partition coefficient (Wildman–Crippen LogP) is 0.450. The molecule has 0 aromatic heterocycles. The minimum Gasteiger partial charge on any atom is -0.481 e. The number of benzene rings is 1. The first-order valence-electron chi connectivity index (χ1n) is 5.91. The lowest BCUT2D eigenvalue weighted by molar-refractivity contribution is -0.148. The van der Waals surface area contributed by atoms with Crippen molar-refractivity contribution >= 4 is 11.9 Å². The molecule has 0 radical (unpaired) electrons. The lowest BCUT2D eigenvalue weighted by atomic mass is 9.85. The van der Waals surface area contributed by atoms with E-state index in [2.05, 4.69) is 5.32 Å². The summed E-state index contributed by atoms with van der Waals surface area (Å²) >= 11 is 0. The molecule has 5 heteroatoms. The zero-order valence-electron chi connectivity index (χ0n) is 9.93. The Balaban J connectivity index is 2.13. The molecule has 18 heavy (non-hydrogen) atoms. The normalized spacial score (nSPS) is 23.5. The van der Waals surface area contributed by atoms with Crippen LogP contribution in [0.2, 0.25) is 0 Å². The van der Waals surface area contributed by atoms with Gasteiger partial charge in [0.25, 0.3) is 0 Å². The van der Waals surface area contributed by atoms with Crippen LogP contribution in [0, 0.1) is 5.92 Å². The van der Waals surface area contributed by atoms with Gasteiger partial charge in [-0.15, -0.1) is 0 Å². The van der Waals surface area contributed by atoms with Crippen LogP contribution in [-0.4, -0.2) is 23.5 Å². The van der Waals surface area contributed by atoms with Gasteiger partial charge in [0.05, 0.1) is 0 Å². The standard InChI is InChI=1S/C13H16N2O3/c14-6-8-1-3-9(4-2-8)10-5-11(13(17)18)12(16)15-7-10/h1-4,10-11H,5-7,14H2,(H,15,16)(H,17,18). The molecule has 0 saturated carbocycles. The van der Waals surface area contributed by atoms with Crippen molar-refractivity contribution in [1.29, 1.82) is 0 Å². The summed E-state index contributed by atoms with van der Waals surface area (Å²) in [6.45, 7) is 0.976. The van der Waals surface area contributed by atoms with E-state index in [9.17, 15) is 9.59 Å². The molecular weight excluding hydrogens is 232 g/mol. The van der Waals surface area contributed by atoms with Gasteiger partial charge in [-0.25, -0.2) is 0 Å². The van der Waals surface area contributed by atoms with E-state index < -0.39 is 17.8 Å². The van der Waals surface area contributed by atoms with E-state index in [-0.39, 0.29) is 5.92 Å². The molecule has 1 heterocycles. The Labute approximate surface area is 105 Å². The summed E-state index contributed by atoms with van der Waals surface area (Å²) in [5, 5.41) is 11.6. The van der Waals surface area contributed by atoms with Crippen LogP contribution in [-0.2, 0) is 16.1 Å². The van der Waals surface area contributed by atoms with Gasteiger partial charge in [0.15, 0.2) is 0 Å². The zero-order chi connectivity index (χ0) is 13.1. The van der Waals surface area contributed by atoms with Gasteiger partial charge in [-0.2, -0.15) is 0 Å². The van der Waals surface area contributed by atoms with Gasteiger partial charge in [-0.1, -0.05) is 24.3 Å². The van der Waals surface area contributed by atoms with Gasteiger partial charge in [0.1, 0.15) is 5.92 Å². The van der Waals surface area contributed by atoms with Gasteiger partial charge in [-0.05, 0) is 17.5 Å². The second-order valence-electron chi connectivity index (χ2n) is 4.51. The number of carboxylic acids is 1. The molecule has 0 aliphatic carbocycles. The predicted molar refractivity (Wildman–Crippen MR) is 65.8 cm³/mol. The largest absolute Gasteiger partial charge is 0.481 e. The molecular formula is C13H16N2O3. The smallest absolute Gasteiger partial charge is 0.316 e. The summed E-state index contributed by atoms with van der Waals surface area (Å²) in [6, 6.07) is 7.76. The fraction of sp³-hybridized carbons (Fsp3) is 0.385. The van der Waals surface area contributed by atoms with Crippen LogP contribution in [0.5, 0.6) is 0 Å². The van der Waals surface area contributed by atoms with Crippen molar-refractivity contribution < 1.29 is 14.7 Å². The van der Waals surface area contributed by atoms with Gasteiger partial charge in [0.2, 0.25) is 5.91 Å². The van der Waals surface area contributed by atoms with Crippen molar-refractivity contribution in [3.05, 3.63) is 35.4 Å². The highest BCUT2D eigenvalue weighted by molar-refractivity contribution is 5.97. The third-order valence-electron chi connectivity index (χ3n) is 3.34. The minimum absolute atomic E-state index is 0.0515. The first kappa shape index (κ1) is 12.6. The summed E-state index contributed by atoms with van der Waals surface area (Å²) < 4.78 is 0. The van der Waals surface area contributed by atoms with Crippen LogP contribution in [0.25, 0.3) is 0 Å². The molecule has 2 atom stereocenters. The van der Waals surface area contributed by atoms with E-state index in [1.54, 1.807) is 0 Å². The highest BCUT2D eigenvalue weighted by Crippen LogP contribution is 2.27. The van der Waals surface area contributed by atoms with Crippen molar-refractivity contribution in [2.24, 2.45) is 11.7 Å². The molecule has 5 nitrogen and oxygen atoms in total. The van der Waals surface area contributed by atoms with E-state index in [4.69, 9.17) is 10.8 Å². The Morgan fingerprint density at radius 3 is 2.61 bits per heavy atom. The number of aliphatic carboxylic acids is 1. The fourth-order valence-corrected chi connectivity index (χ4v) is 2.21. The van der Waals surface area contributed by atoms with Crippen molar-refractivity contribution in [3.8, 4) is 0 Å². The maximum atomic E-state index is 11.4. The summed E-state index contributed by atoms with van der Waals surface area (Å²) in [5.74, 6) is -2.35. The summed E-state index contributed by atoms with van der Waals surface area (Å²) in [7, 11) is 0. The molecule has 1 aliphatic heterocycles. The van der Waals surface area contributed by atoms with Crippen LogP contribution < -0.4 is 11.1 Å². The molecule has 1 saturated heterocycles. The van der Waals surface area contributed by atoms with Crippen LogP contribution in [0.4, 0.5) is 0 Å². The third kappa shape index (κ3) is 2.51. The topological polar surface area (TPSA) is 92.4 Å². The first-order valence-corrected chi connectivity index (χ1v) is 5.91. The number of amides is 1. The maximum absolute atomic E-state index is 11.4. The molecule has 96 valence electrons. The van der Waals surface area contributed by atoms with Crippen LogP contribution in [0.3, 0.4) is 0 Å². The second-order valence-corrected chi connectivity index (χ2v) is 4.51. The fourth-order valence-electron chi connectivity index (χ4n) is 2.21.